The molecular formula is C21H32ClN7O2. The summed E-state index contributed by atoms with van der Waals surface area (Å²) < 4.78 is 7.31. The van der Waals surface area contributed by atoms with Crippen molar-refractivity contribution in [3.8, 4) is 0 Å². The van der Waals surface area contributed by atoms with Crippen LogP contribution in [-0.4, -0.2) is 55.5 Å². The lowest BCUT2D eigenvalue weighted by Crippen LogP contribution is -2.49. The lowest BCUT2D eigenvalue weighted by Gasteiger charge is -2.39. The number of carbonyl (C=O) groups is 1. The molecule has 0 aliphatic carbocycles. The van der Waals surface area contributed by atoms with Crippen molar-refractivity contribution in [1.29, 1.82) is 0 Å². The molecule has 0 radical (unpaired) electrons. The van der Waals surface area contributed by atoms with Gasteiger partial charge in [0, 0.05) is 37.9 Å². The predicted molar refractivity (Wildman–Crippen MR) is 122 cm³/mol. The molecule has 2 atom stereocenters. The molecule has 1 fully saturated rings. The summed E-state index contributed by atoms with van der Waals surface area (Å²) in [7, 11) is 1.88. The highest BCUT2D eigenvalue weighted by molar-refractivity contribution is 6.32. The fraction of sp³-hybridized carbons (Fsp3) is 0.619. The van der Waals surface area contributed by atoms with Gasteiger partial charge < -0.3 is 20.3 Å². The van der Waals surface area contributed by atoms with Gasteiger partial charge in [-0.1, -0.05) is 18.5 Å². The van der Waals surface area contributed by atoms with Gasteiger partial charge >= 0.3 is 6.09 Å². The third kappa shape index (κ3) is 6.00. The summed E-state index contributed by atoms with van der Waals surface area (Å²) in [6.07, 6.45) is 3.01. The molecule has 0 spiro atoms. The fourth-order valence-electron chi connectivity index (χ4n) is 3.57. The predicted octanol–water partition coefficient (Wildman–Crippen LogP) is 4.36. The molecule has 1 aliphatic heterocycles. The second-order valence-electron chi connectivity index (χ2n) is 8.94. The van der Waals surface area contributed by atoms with E-state index in [4.69, 9.17) is 16.3 Å². The van der Waals surface area contributed by atoms with E-state index >= 15 is 0 Å². The Morgan fingerprint density at radius 2 is 2.13 bits per heavy atom. The molecule has 31 heavy (non-hydrogen) atoms. The highest BCUT2D eigenvalue weighted by atomic mass is 35.5. The van der Waals surface area contributed by atoms with E-state index in [1.54, 1.807) is 15.8 Å². The maximum atomic E-state index is 12.5. The second-order valence-corrected chi connectivity index (χ2v) is 9.35. The number of anilines is 3. The van der Waals surface area contributed by atoms with Crippen LogP contribution in [0, 0.1) is 12.8 Å². The Morgan fingerprint density at radius 3 is 2.74 bits per heavy atom. The molecule has 170 valence electrons. The van der Waals surface area contributed by atoms with E-state index in [-0.39, 0.29) is 18.1 Å². The SMILES string of the molecule is CCC1CN(C(=O)OC(C)(C)C)CCC1Nc1nc(Nc2cc(C)n(C)n2)ncc1Cl. The Labute approximate surface area is 188 Å². The van der Waals surface area contributed by atoms with E-state index in [1.807, 2.05) is 40.8 Å². The van der Waals surface area contributed by atoms with Gasteiger partial charge in [-0.2, -0.15) is 10.1 Å². The van der Waals surface area contributed by atoms with Crippen molar-refractivity contribution in [3.05, 3.63) is 23.0 Å². The number of carbonyl (C=O) groups excluding carboxylic acids is 1. The molecular weight excluding hydrogens is 418 g/mol. The number of nitrogens with one attached hydrogen (secondary N) is 2. The minimum Gasteiger partial charge on any atom is -0.444 e. The molecule has 2 N–H and O–H groups in total. The quantitative estimate of drug-likeness (QED) is 0.699. The number of aryl methyl sites for hydroxylation is 2. The van der Waals surface area contributed by atoms with Gasteiger partial charge in [0.05, 0.1) is 6.20 Å². The monoisotopic (exact) mass is 449 g/mol. The minimum absolute atomic E-state index is 0.140. The molecule has 0 saturated carbocycles. The van der Waals surface area contributed by atoms with Gasteiger partial charge in [0.15, 0.2) is 11.6 Å². The van der Waals surface area contributed by atoms with Crippen LogP contribution < -0.4 is 10.6 Å². The summed E-state index contributed by atoms with van der Waals surface area (Å²) in [4.78, 5) is 23.1. The molecule has 0 aromatic carbocycles. The average molecular weight is 450 g/mol. The summed E-state index contributed by atoms with van der Waals surface area (Å²) in [6, 6.07) is 2.06. The van der Waals surface area contributed by atoms with Crippen molar-refractivity contribution in [2.45, 2.75) is 59.1 Å². The molecule has 10 heteroatoms. The maximum absolute atomic E-state index is 12.5. The van der Waals surface area contributed by atoms with Gasteiger partial charge in [0.2, 0.25) is 5.95 Å². The van der Waals surface area contributed by atoms with E-state index in [0.29, 0.717) is 35.7 Å². The molecule has 2 aromatic rings. The van der Waals surface area contributed by atoms with Crippen LogP contribution in [0.1, 0.15) is 46.2 Å². The molecule has 0 bridgehead atoms. The Bertz CT molecular complexity index is 905. The molecule has 3 rings (SSSR count). The van der Waals surface area contributed by atoms with Crippen LogP contribution in [0.2, 0.25) is 5.02 Å². The number of likely N-dealkylation sites (tertiary alicyclic amines) is 1. The number of nitrogens with zero attached hydrogens (tertiary/aromatic N) is 5. The number of aromatic nitrogens is 4. The lowest BCUT2D eigenvalue weighted by molar-refractivity contribution is 0.0153. The highest BCUT2D eigenvalue weighted by Crippen LogP contribution is 2.28. The van der Waals surface area contributed by atoms with Crippen molar-refractivity contribution in [2.75, 3.05) is 23.7 Å². The first-order valence-corrected chi connectivity index (χ1v) is 11.0. The van der Waals surface area contributed by atoms with Crippen LogP contribution in [0.5, 0.6) is 0 Å². The molecule has 1 aliphatic rings. The normalized spacial score (nSPS) is 19.3. The topological polar surface area (TPSA) is 97.2 Å². The molecule has 1 amide bonds. The second kappa shape index (κ2) is 9.30. The maximum Gasteiger partial charge on any atom is 0.410 e. The number of hydrogen-bond acceptors (Lipinski definition) is 7. The van der Waals surface area contributed by atoms with Gasteiger partial charge in [0.25, 0.3) is 0 Å². The van der Waals surface area contributed by atoms with E-state index in [9.17, 15) is 4.79 Å². The van der Waals surface area contributed by atoms with E-state index in [0.717, 1.165) is 18.5 Å². The van der Waals surface area contributed by atoms with Gasteiger partial charge in [-0.25, -0.2) is 9.78 Å². The largest absolute Gasteiger partial charge is 0.444 e. The number of ether oxygens (including phenoxy) is 1. The minimum atomic E-state index is -0.502. The van der Waals surface area contributed by atoms with E-state index in [2.05, 4.69) is 32.6 Å². The zero-order chi connectivity index (χ0) is 22.8. The number of halogens is 1. The van der Waals surface area contributed by atoms with Gasteiger partial charge in [-0.3, -0.25) is 4.68 Å². The van der Waals surface area contributed by atoms with Crippen molar-refractivity contribution in [2.24, 2.45) is 13.0 Å². The van der Waals surface area contributed by atoms with Crippen LogP contribution >= 0.6 is 11.6 Å². The van der Waals surface area contributed by atoms with Gasteiger partial charge in [-0.15, -0.1) is 0 Å². The molecule has 9 nitrogen and oxygen atoms in total. The molecule has 2 aromatic heterocycles. The zero-order valence-electron chi connectivity index (χ0n) is 19.1. The summed E-state index contributed by atoms with van der Waals surface area (Å²) in [5, 5.41) is 11.4. The first kappa shape index (κ1) is 23.1. The van der Waals surface area contributed by atoms with Crippen molar-refractivity contribution in [3.63, 3.8) is 0 Å². The smallest absolute Gasteiger partial charge is 0.410 e. The zero-order valence-corrected chi connectivity index (χ0v) is 19.8. The van der Waals surface area contributed by atoms with Crippen LogP contribution in [0.4, 0.5) is 22.4 Å². The first-order valence-electron chi connectivity index (χ1n) is 10.6. The van der Waals surface area contributed by atoms with E-state index < -0.39 is 5.60 Å². The lowest BCUT2D eigenvalue weighted by atomic mass is 9.90. The first-order chi connectivity index (χ1) is 14.6. The van der Waals surface area contributed by atoms with E-state index in [1.165, 1.54) is 0 Å². The Morgan fingerprint density at radius 1 is 1.39 bits per heavy atom. The average Bonchev–Trinajstić information content (AvgIpc) is 3.00. The molecule has 3 heterocycles. The van der Waals surface area contributed by atoms with Crippen LogP contribution in [0.25, 0.3) is 0 Å². The van der Waals surface area contributed by atoms with Crippen LogP contribution in [-0.2, 0) is 11.8 Å². The third-order valence-electron chi connectivity index (χ3n) is 5.33. The number of rotatable bonds is 5. The third-order valence-corrected chi connectivity index (χ3v) is 5.61. The Kier molecular flexibility index (Phi) is 6.93. The van der Waals surface area contributed by atoms with Gasteiger partial charge in [-0.05, 0) is 46.5 Å². The van der Waals surface area contributed by atoms with Crippen molar-refractivity contribution >= 4 is 35.3 Å². The Hall–Kier alpha value is -2.55. The van der Waals surface area contributed by atoms with Gasteiger partial charge in [0.1, 0.15) is 10.6 Å². The number of piperidine rings is 1. The Balaban J connectivity index is 1.68. The summed E-state index contributed by atoms with van der Waals surface area (Å²) in [6.45, 7) is 11.0. The molecule has 2 unspecified atom stereocenters. The highest BCUT2D eigenvalue weighted by Gasteiger charge is 2.33. The fourth-order valence-corrected chi connectivity index (χ4v) is 3.71. The standard InChI is InChI=1S/C21H32ClN7O2/c1-7-14-12-29(20(30)31-21(3,4)5)9-8-16(14)24-18-15(22)11-23-19(26-18)25-17-10-13(2)28(6)27-17/h10-11,14,16H,7-9,12H2,1-6H3,(H2,23,24,25,26,27). The summed E-state index contributed by atoms with van der Waals surface area (Å²) in [5.41, 5.74) is 0.523. The molecule has 1 saturated heterocycles. The summed E-state index contributed by atoms with van der Waals surface area (Å²) >= 11 is 6.37. The number of hydrogen-bond donors (Lipinski definition) is 2. The van der Waals surface area contributed by atoms with Crippen LogP contribution in [0.15, 0.2) is 12.3 Å². The summed E-state index contributed by atoms with van der Waals surface area (Å²) in [5.74, 6) is 1.91. The van der Waals surface area contributed by atoms with Crippen molar-refractivity contribution in [1.82, 2.24) is 24.6 Å². The number of amides is 1. The van der Waals surface area contributed by atoms with Crippen LogP contribution in [0.3, 0.4) is 0 Å². The van der Waals surface area contributed by atoms with Crippen molar-refractivity contribution < 1.29 is 9.53 Å².